The zero-order valence-corrected chi connectivity index (χ0v) is 17.4. The van der Waals surface area contributed by atoms with Crippen LogP contribution in [0.3, 0.4) is 0 Å². The van der Waals surface area contributed by atoms with Crippen LogP contribution < -0.4 is 10.9 Å². The summed E-state index contributed by atoms with van der Waals surface area (Å²) < 4.78 is 0. The van der Waals surface area contributed by atoms with Crippen molar-refractivity contribution >= 4 is 11.8 Å². The summed E-state index contributed by atoms with van der Waals surface area (Å²) in [6.45, 7) is 7.03. The first-order valence-electron chi connectivity index (χ1n) is 10.9. The molecule has 0 radical (unpaired) electrons. The normalized spacial score (nSPS) is 29.6. The molecule has 158 valence electrons. The predicted octanol–water partition coefficient (Wildman–Crippen LogP) is 1.35. The first-order chi connectivity index (χ1) is 13.9. The average molecular weight is 401 g/mol. The third-order valence-electron chi connectivity index (χ3n) is 6.84. The molecule has 4 rings (SSSR count). The quantitative estimate of drug-likeness (QED) is 0.781. The molecule has 2 amide bonds. The Kier molecular flexibility index (Phi) is 5.76. The standard InChI is InChI=1S/C22H32N4O3/c1-14(2)22(29)24-10-19-17-8-16(18-4-3-5-21(28)26(18)19)12-25(13-17)11-15-6-7-20(27)23-9-15/h6-7,9,14,16-19H,3-5,8,10-13H2,1-2H3,(H,23,27)(H,24,29)/t16-,17+,18+,19+/m1/s1. The maximum absolute atomic E-state index is 12.8. The first kappa shape index (κ1) is 20.1. The summed E-state index contributed by atoms with van der Waals surface area (Å²) in [7, 11) is 0. The van der Waals surface area contributed by atoms with E-state index in [1.807, 2.05) is 19.9 Å². The summed E-state index contributed by atoms with van der Waals surface area (Å²) in [5.74, 6) is 1.10. The highest BCUT2D eigenvalue weighted by atomic mass is 16.2. The Bertz CT molecular complexity index is 800. The van der Waals surface area contributed by atoms with E-state index in [1.165, 1.54) is 0 Å². The Morgan fingerprint density at radius 2 is 2.03 bits per heavy atom. The summed E-state index contributed by atoms with van der Waals surface area (Å²) >= 11 is 0. The molecule has 2 bridgehead atoms. The van der Waals surface area contributed by atoms with Crippen LogP contribution in [0.25, 0.3) is 0 Å². The number of amides is 2. The minimum atomic E-state index is -0.0819. The molecule has 1 aromatic rings. The van der Waals surface area contributed by atoms with Crippen LogP contribution >= 0.6 is 0 Å². The zero-order valence-electron chi connectivity index (χ0n) is 17.4. The zero-order chi connectivity index (χ0) is 20.5. The predicted molar refractivity (Wildman–Crippen MR) is 110 cm³/mol. The number of rotatable bonds is 5. The second kappa shape index (κ2) is 8.30. The molecule has 7 nitrogen and oxygen atoms in total. The second-order valence-electron chi connectivity index (χ2n) is 9.24. The number of hydrogen-bond donors (Lipinski definition) is 2. The molecule has 4 heterocycles. The highest BCUT2D eigenvalue weighted by Gasteiger charge is 2.49. The number of likely N-dealkylation sites (tertiary alicyclic amines) is 1. The summed E-state index contributed by atoms with van der Waals surface area (Å²) in [4.78, 5) is 43.7. The van der Waals surface area contributed by atoms with Gasteiger partial charge in [-0.2, -0.15) is 0 Å². The van der Waals surface area contributed by atoms with Crippen molar-refractivity contribution in [2.75, 3.05) is 19.6 Å². The van der Waals surface area contributed by atoms with Crippen molar-refractivity contribution in [2.45, 2.75) is 58.2 Å². The van der Waals surface area contributed by atoms with Crippen LogP contribution in [-0.4, -0.2) is 58.3 Å². The molecule has 0 aliphatic carbocycles. The molecule has 3 saturated heterocycles. The maximum atomic E-state index is 12.8. The van der Waals surface area contributed by atoms with Crippen molar-refractivity contribution in [1.82, 2.24) is 20.1 Å². The van der Waals surface area contributed by atoms with Gasteiger partial charge in [-0.25, -0.2) is 0 Å². The highest BCUT2D eigenvalue weighted by Crippen LogP contribution is 2.41. The van der Waals surface area contributed by atoms with Crippen LogP contribution in [0, 0.1) is 17.8 Å². The summed E-state index contributed by atoms with van der Waals surface area (Å²) in [6, 6.07) is 3.82. The molecule has 7 heteroatoms. The lowest BCUT2D eigenvalue weighted by atomic mass is 9.72. The number of carbonyl (C=O) groups excluding carboxylic acids is 2. The van der Waals surface area contributed by atoms with E-state index in [2.05, 4.69) is 20.1 Å². The number of nitrogens with zero attached hydrogens (tertiary/aromatic N) is 2. The number of H-pyrrole nitrogens is 1. The van der Waals surface area contributed by atoms with Gasteiger partial charge in [-0.1, -0.05) is 19.9 Å². The topological polar surface area (TPSA) is 85.5 Å². The van der Waals surface area contributed by atoms with Gasteiger partial charge in [-0.05, 0) is 36.7 Å². The van der Waals surface area contributed by atoms with Crippen molar-refractivity contribution in [1.29, 1.82) is 0 Å². The van der Waals surface area contributed by atoms with Crippen LogP contribution in [0.4, 0.5) is 0 Å². The van der Waals surface area contributed by atoms with E-state index < -0.39 is 0 Å². The minimum Gasteiger partial charge on any atom is -0.354 e. The summed E-state index contributed by atoms with van der Waals surface area (Å²) in [5, 5.41) is 3.09. The van der Waals surface area contributed by atoms with Gasteiger partial charge in [-0.15, -0.1) is 0 Å². The van der Waals surface area contributed by atoms with E-state index in [0.29, 0.717) is 24.8 Å². The fourth-order valence-electron chi connectivity index (χ4n) is 5.47. The maximum Gasteiger partial charge on any atom is 0.247 e. The number of fused-ring (bicyclic) bond motifs is 4. The van der Waals surface area contributed by atoms with Gasteiger partial charge >= 0.3 is 0 Å². The third-order valence-corrected chi connectivity index (χ3v) is 6.84. The molecule has 3 aliphatic heterocycles. The summed E-state index contributed by atoms with van der Waals surface area (Å²) in [5.41, 5.74) is 1.02. The largest absolute Gasteiger partial charge is 0.354 e. The molecule has 0 saturated carbocycles. The van der Waals surface area contributed by atoms with Crippen molar-refractivity contribution in [3.63, 3.8) is 0 Å². The number of hydrogen-bond acceptors (Lipinski definition) is 4. The number of aromatic nitrogens is 1. The second-order valence-corrected chi connectivity index (χ2v) is 9.24. The molecule has 3 fully saturated rings. The van der Waals surface area contributed by atoms with E-state index in [4.69, 9.17) is 0 Å². The van der Waals surface area contributed by atoms with Gasteiger partial charge in [0.05, 0.1) is 6.04 Å². The van der Waals surface area contributed by atoms with Gasteiger partial charge in [0, 0.05) is 56.8 Å². The van der Waals surface area contributed by atoms with Crippen molar-refractivity contribution in [3.8, 4) is 0 Å². The monoisotopic (exact) mass is 400 g/mol. The van der Waals surface area contributed by atoms with Gasteiger partial charge in [0.15, 0.2) is 0 Å². The van der Waals surface area contributed by atoms with Crippen LogP contribution in [0.2, 0.25) is 0 Å². The lowest BCUT2D eigenvalue weighted by Crippen LogP contribution is -2.67. The Morgan fingerprint density at radius 1 is 1.24 bits per heavy atom. The lowest BCUT2D eigenvalue weighted by Gasteiger charge is -2.56. The van der Waals surface area contributed by atoms with Crippen molar-refractivity contribution in [2.24, 2.45) is 17.8 Å². The SMILES string of the molecule is CC(C)C(=O)NC[C@H]1[C@H]2C[C@H](CN(Cc3ccc(=O)[nH]c3)C2)[C@@H]2CCCC(=O)N21. The molecule has 4 atom stereocenters. The molecular weight excluding hydrogens is 368 g/mol. The van der Waals surface area contributed by atoms with Gasteiger partial charge in [-0.3, -0.25) is 19.3 Å². The number of nitrogens with one attached hydrogen (secondary N) is 2. The fraction of sp³-hybridized carbons (Fsp3) is 0.682. The van der Waals surface area contributed by atoms with Crippen molar-refractivity contribution in [3.05, 3.63) is 34.2 Å². The molecule has 3 aliphatic rings. The molecule has 2 N–H and O–H groups in total. The Morgan fingerprint density at radius 3 is 2.76 bits per heavy atom. The van der Waals surface area contributed by atoms with E-state index in [1.54, 1.807) is 12.3 Å². The number of carbonyl (C=O) groups is 2. The van der Waals surface area contributed by atoms with E-state index in [9.17, 15) is 14.4 Å². The number of pyridine rings is 1. The van der Waals surface area contributed by atoms with Crippen LogP contribution in [0.1, 0.15) is 45.1 Å². The fourth-order valence-corrected chi connectivity index (χ4v) is 5.47. The van der Waals surface area contributed by atoms with Crippen LogP contribution in [0.15, 0.2) is 23.1 Å². The lowest BCUT2D eigenvalue weighted by molar-refractivity contribution is -0.153. The molecule has 0 aromatic carbocycles. The van der Waals surface area contributed by atoms with Crippen LogP contribution in [-0.2, 0) is 16.1 Å². The molecule has 0 unspecified atom stereocenters. The Balaban J connectivity index is 1.52. The average Bonchev–Trinajstić information content (AvgIpc) is 2.70. The minimum absolute atomic E-state index is 0.0500. The third kappa shape index (κ3) is 4.25. The van der Waals surface area contributed by atoms with E-state index in [-0.39, 0.29) is 35.4 Å². The first-order valence-corrected chi connectivity index (χ1v) is 10.9. The van der Waals surface area contributed by atoms with Gasteiger partial charge in [0.2, 0.25) is 17.4 Å². The van der Waals surface area contributed by atoms with Crippen LogP contribution in [0.5, 0.6) is 0 Å². The van der Waals surface area contributed by atoms with Gasteiger partial charge in [0.25, 0.3) is 0 Å². The van der Waals surface area contributed by atoms with E-state index in [0.717, 1.165) is 44.5 Å². The molecule has 0 spiro atoms. The summed E-state index contributed by atoms with van der Waals surface area (Å²) in [6.07, 6.45) is 5.57. The Labute approximate surface area is 171 Å². The van der Waals surface area contributed by atoms with Gasteiger partial charge in [0.1, 0.15) is 0 Å². The molecular formula is C22H32N4O3. The smallest absolute Gasteiger partial charge is 0.247 e. The Hall–Kier alpha value is -2.15. The van der Waals surface area contributed by atoms with Gasteiger partial charge < -0.3 is 15.2 Å². The molecule has 29 heavy (non-hydrogen) atoms. The number of aromatic amines is 1. The highest BCUT2D eigenvalue weighted by molar-refractivity contribution is 5.79. The number of piperidine rings is 3. The van der Waals surface area contributed by atoms with Crippen molar-refractivity contribution < 1.29 is 9.59 Å². The van der Waals surface area contributed by atoms with E-state index >= 15 is 0 Å². The molecule has 1 aromatic heterocycles.